The maximum atomic E-state index is 12.3. The zero-order valence-electron chi connectivity index (χ0n) is 12.7. The van der Waals surface area contributed by atoms with Gasteiger partial charge in [-0.3, -0.25) is 9.59 Å². The summed E-state index contributed by atoms with van der Waals surface area (Å²) in [5, 5.41) is 2.77. The lowest BCUT2D eigenvalue weighted by molar-refractivity contribution is -0.136. The van der Waals surface area contributed by atoms with Crippen LogP contribution in [0.3, 0.4) is 0 Å². The van der Waals surface area contributed by atoms with Gasteiger partial charge in [0.25, 0.3) is 0 Å². The summed E-state index contributed by atoms with van der Waals surface area (Å²) in [6.45, 7) is 10.8. The number of carbonyl (C=O) groups is 2. The lowest BCUT2D eigenvalue weighted by Gasteiger charge is -2.30. The fourth-order valence-corrected chi connectivity index (χ4v) is 2.17. The van der Waals surface area contributed by atoms with Crippen LogP contribution in [-0.2, 0) is 14.3 Å². The smallest absolute Gasteiger partial charge is 0.245 e. The van der Waals surface area contributed by atoms with Crippen molar-refractivity contribution in [3.8, 4) is 0 Å². The Morgan fingerprint density at radius 3 is 2.53 bits per heavy atom. The summed E-state index contributed by atoms with van der Waals surface area (Å²) >= 11 is 0. The minimum atomic E-state index is -0.396. The van der Waals surface area contributed by atoms with Gasteiger partial charge in [0.2, 0.25) is 11.8 Å². The highest BCUT2D eigenvalue weighted by atomic mass is 16.5. The van der Waals surface area contributed by atoms with E-state index in [1.165, 1.54) is 0 Å². The van der Waals surface area contributed by atoms with Crippen molar-refractivity contribution in [3.05, 3.63) is 0 Å². The van der Waals surface area contributed by atoms with Gasteiger partial charge < -0.3 is 15.0 Å². The predicted octanol–water partition coefficient (Wildman–Crippen LogP) is 1.32. The third kappa shape index (κ3) is 4.82. The van der Waals surface area contributed by atoms with Gasteiger partial charge in [-0.1, -0.05) is 6.92 Å². The van der Waals surface area contributed by atoms with Crippen LogP contribution in [-0.4, -0.2) is 47.6 Å². The molecule has 0 aromatic heterocycles. The molecule has 1 saturated heterocycles. The van der Waals surface area contributed by atoms with E-state index >= 15 is 0 Å². The van der Waals surface area contributed by atoms with E-state index in [0.29, 0.717) is 26.0 Å². The minimum absolute atomic E-state index is 0.00152. The predicted molar refractivity (Wildman–Crippen MR) is 73.7 cm³/mol. The van der Waals surface area contributed by atoms with Crippen LogP contribution in [0.2, 0.25) is 0 Å². The zero-order valence-corrected chi connectivity index (χ0v) is 12.7. The number of hydrogen-bond donors (Lipinski definition) is 1. The van der Waals surface area contributed by atoms with Crippen molar-refractivity contribution in [1.82, 2.24) is 10.2 Å². The second-order valence-corrected chi connectivity index (χ2v) is 6.07. The molecule has 0 aliphatic carbocycles. The number of rotatable bonds is 4. The SMILES string of the molecule is CCC1NC(=O)CC(C)N(CCOC(C)(C)C)C1=O. The van der Waals surface area contributed by atoms with Gasteiger partial charge in [0.1, 0.15) is 6.04 Å². The van der Waals surface area contributed by atoms with Crippen LogP contribution in [0.25, 0.3) is 0 Å². The molecule has 1 aliphatic heterocycles. The van der Waals surface area contributed by atoms with Crippen molar-refractivity contribution in [2.75, 3.05) is 13.2 Å². The van der Waals surface area contributed by atoms with E-state index in [1.54, 1.807) is 4.90 Å². The maximum absolute atomic E-state index is 12.3. The summed E-state index contributed by atoms with van der Waals surface area (Å²) in [4.78, 5) is 25.8. The van der Waals surface area contributed by atoms with Gasteiger partial charge >= 0.3 is 0 Å². The molecule has 0 radical (unpaired) electrons. The van der Waals surface area contributed by atoms with Crippen LogP contribution >= 0.6 is 0 Å². The van der Waals surface area contributed by atoms with Gasteiger partial charge in [0.15, 0.2) is 0 Å². The second kappa shape index (κ2) is 6.37. The van der Waals surface area contributed by atoms with Crippen molar-refractivity contribution in [2.45, 2.75) is 65.1 Å². The van der Waals surface area contributed by atoms with E-state index in [0.717, 1.165) is 0 Å². The molecule has 0 aromatic rings. The second-order valence-electron chi connectivity index (χ2n) is 6.07. The number of nitrogens with one attached hydrogen (secondary N) is 1. The average molecular weight is 270 g/mol. The molecular formula is C14H26N2O3. The summed E-state index contributed by atoms with van der Waals surface area (Å²) in [7, 11) is 0. The number of hydrogen-bond acceptors (Lipinski definition) is 3. The first-order valence-electron chi connectivity index (χ1n) is 6.98. The fourth-order valence-electron chi connectivity index (χ4n) is 2.17. The van der Waals surface area contributed by atoms with Crippen LogP contribution in [0.4, 0.5) is 0 Å². The highest BCUT2D eigenvalue weighted by Crippen LogP contribution is 2.14. The monoisotopic (exact) mass is 270 g/mol. The number of ether oxygens (including phenoxy) is 1. The zero-order chi connectivity index (χ0) is 14.6. The Kier molecular flexibility index (Phi) is 5.35. The van der Waals surface area contributed by atoms with Gasteiger partial charge in [-0.25, -0.2) is 0 Å². The normalized spacial score (nSPS) is 25.2. The Balaban J connectivity index is 2.66. The number of carbonyl (C=O) groups excluding carboxylic acids is 2. The van der Waals surface area contributed by atoms with Gasteiger partial charge in [0.05, 0.1) is 12.2 Å². The number of nitrogens with zero attached hydrogens (tertiary/aromatic N) is 1. The van der Waals surface area contributed by atoms with Crippen molar-refractivity contribution in [3.63, 3.8) is 0 Å². The molecule has 0 aromatic carbocycles. The van der Waals surface area contributed by atoms with E-state index in [4.69, 9.17) is 4.74 Å². The summed E-state index contributed by atoms with van der Waals surface area (Å²) in [5.74, 6) is -0.0506. The molecule has 5 nitrogen and oxygen atoms in total. The molecule has 2 atom stereocenters. The Morgan fingerprint density at radius 2 is 2.00 bits per heavy atom. The fraction of sp³-hybridized carbons (Fsp3) is 0.857. The first-order chi connectivity index (χ1) is 8.74. The Bertz CT molecular complexity index is 336. The molecule has 5 heteroatoms. The van der Waals surface area contributed by atoms with E-state index in [-0.39, 0.29) is 23.5 Å². The minimum Gasteiger partial charge on any atom is -0.374 e. The lowest BCUT2D eigenvalue weighted by Crippen LogP contribution is -2.47. The summed E-state index contributed by atoms with van der Waals surface area (Å²) < 4.78 is 5.67. The molecule has 0 spiro atoms. The molecule has 1 N–H and O–H groups in total. The summed E-state index contributed by atoms with van der Waals surface area (Å²) in [6, 6.07) is -0.472. The average Bonchev–Trinajstić information content (AvgIpc) is 2.37. The van der Waals surface area contributed by atoms with Gasteiger partial charge in [0, 0.05) is 19.0 Å². The Hall–Kier alpha value is -1.10. The maximum Gasteiger partial charge on any atom is 0.245 e. The van der Waals surface area contributed by atoms with Gasteiger partial charge in [-0.05, 0) is 34.1 Å². The van der Waals surface area contributed by atoms with E-state index in [9.17, 15) is 9.59 Å². The molecule has 0 saturated carbocycles. The molecule has 19 heavy (non-hydrogen) atoms. The first kappa shape index (κ1) is 16.0. The summed E-state index contributed by atoms with van der Waals surface area (Å²) in [5.41, 5.74) is -0.212. The van der Waals surface area contributed by atoms with Crippen LogP contribution in [0, 0.1) is 0 Å². The standard InChI is InChI=1S/C14H26N2O3/c1-6-11-13(18)16(7-8-19-14(3,4)5)10(2)9-12(17)15-11/h10-11H,6-9H2,1-5H3,(H,15,17). The van der Waals surface area contributed by atoms with Crippen LogP contribution in [0.1, 0.15) is 47.5 Å². The van der Waals surface area contributed by atoms with Crippen LogP contribution in [0.15, 0.2) is 0 Å². The lowest BCUT2D eigenvalue weighted by atomic mass is 10.1. The molecule has 0 bridgehead atoms. The molecule has 1 rings (SSSR count). The number of amides is 2. The van der Waals surface area contributed by atoms with Crippen molar-refractivity contribution < 1.29 is 14.3 Å². The Morgan fingerprint density at radius 1 is 1.37 bits per heavy atom. The van der Waals surface area contributed by atoms with Crippen LogP contribution in [0.5, 0.6) is 0 Å². The molecular weight excluding hydrogens is 244 g/mol. The topological polar surface area (TPSA) is 58.6 Å². The highest BCUT2D eigenvalue weighted by Gasteiger charge is 2.32. The van der Waals surface area contributed by atoms with Crippen LogP contribution < -0.4 is 5.32 Å². The Labute approximate surface area is 115 Å². The largest absolute Gasteiger partial charge is 0.374 e. The van der Waals surface area contributed by atoms with Crippen molar-refractivity contribution in [2.24, 2.45) is 0 Å². The molecule has 2 amide bonds. The highest BCUT2D eigenvalue weighted by molar-refractivity contribution is 5.90. The summed E-state index contributed by atoms with van der Waals surface area (Å²) in [6.07, 6.45) is 0.978. The van der Waals surface area contributed by atoms with E-state index in [2.05, 4.69) is 5.32 Å². The van der Waals surface area contributed by atoms with Gasteiger partial charge in [-0.2, -0.15) is 0 Å². The van der Waals surface area contributed by atoms with Crippen molar-refractivity contribution >= 4 is 11.8 Å². The first-order valence-corrected chi connectivity index (χ1v) is 6.98. The van der Waals surface area contributed by atoms with E-state index in [1.807, 2.05) is 34.6 Å². The molecule has 2 unspecified atom stereocenters. The quantitative estimate of drug-likeness (QED) is 0.838. The van der Waals surface area contributed by atoms with Crippen molar-refractivity contribution in [1.29, 1.82) is 0 Å². The van der Waals surface area contributed by atoms with E-state index < -0.39 is 6.04 Å². The molecule has 1 fully saturated rings. The molecule has 110 valence electrons. The third-order valence-electron chi connectivity index (χ3n) is 3.20. The molecule has 1 aliphatic rings. The molecule has 1 heterocycles. The van der Waals surface area contributed by atoms with Gasteiger partial charge in [-0.15, -0.1) is 0 Å². The third-order valence-corrected chi connectivity index (χ3v) is 3.20.